The Morgan fingerprint density at radius 1 is 1.22 bits per heavy atom. The van der Waals surface area contributed by atoms with Crippen molar-refractivity contribution in [2.45, 2.75) is 44.0 Å². The molecule has 1 saturated carbocycles. The lowest BCUT2D eigenvalue weighted by Crippen LogP contribution is -2.44. The van der Waals surface area contributed by atoms with E-state index in [0.29, 0.717) is 11.8 Å². The third-order valence-corrected chi connectivity index (χ3v) is 7.72. The van der Waals surface area contributed by atoms with E-state index in [1.807, 2.05) is 0 Å². The molecule has 1 amide bonds. The summed E-state index contributed by atoms with van der Waals surface area (Å²) in [6.45, 7) is 5.20. The summed E-state index contributed by atoms with van der Waals surface area (Å²) in [7, 11) is -4.00. The number of benzene rings is 1. The van der Waals surface area contributed by atoms with E-state index in [1.165, 1.54) is 10.4 Å². The first-order chi connectivity index (χ1) is 12.8. The van der Waals surface area contributed by atoms with Gasteiger partial charge in [0.15, 0.2) is 0 Å². The molecule has 0 spiro atoms. The van der Waals surface area contributed by atoms with Crippen LogP contribution in [-0.2, 0) is 14.8 Å². The lowest BCUT2D eigenvalue weighted by Gasteiger charge is -2.34. The second-order valence-electron chi connectivity index (χ2n) is 7.51. The highest BCUT2D eigenvalue weighted by molar-refractivity contribution is 7.89. The normalized spacial score (nSPS) is 27.3. The number of carbonyl (C=O) groups excluding carboxylic acids is 1. The molecular formula is C19H27FN2O4S. The van der Waals surface area contributed by atoms with Crippen molar-refractivity contribution in [2.75, 3.05) is 26.3 Å². The number of rotatable bonds is 4. The standard InChI is InChI=1S/C19H27FN2O4S/c1-13-4-3-5-17(14(13)2)21-19(23)15-6-7-16(20)18(12-15)27(24,25)22-8-10-26-11-9-22/h6-7,12-14,17H,3-5,8-11H2,1-2H3,(H,21,23)/t13-,14+,17+/m0/s1. The average Bonchev–Trinajstić information content (AvgIpc) is 2.66. The van der Waals surface area contributed by atoms with Gasteiger partial charge in [0.2, 0.25) is 10.0 Å². The number of carbonyl (C=O) groups is 1. The summed E-state index contributed by atoms with van der Waals surface area (Å²) in [4.78, 5) is 12.2. The molecule has 27 heavy (non-hydrogen) atoms. The summed E-state index contributed by atoms with van der Waals surface area (Å²) in [5.41, 5.74) is 0.161. The van der Waals surface area contributed by atoms with Gasteiger partial charge in [-0.05, 0) is 36.5 Å². The lowest BCUT2D eigenvalue weighted by atomic mass is 9.78. The number of hydrogen-bond donors (Lipinski definition) is 1. The summed E-state index contributed by atoms with van der Waals surface area (Å²) in [6.07, 6.45) is 3.10. The van der Waals surface area contributed by atoms with Crippen molar-refractivity contribution in [2.24, 2.45) is 11.8 Å². The van der Waals surface area contributed by atoms with Gasteiger partial charge < -0.3 is 10.1 Å². The summed E-state index contributed by atoms with van der Waals surface area (Å²) in [6, 6.07) is 3.58. The van der Waals surface area contributed by atoms with Crippen LogP contribution in [-0.4, -0.2) is 51.0 Å². The predicted octanol–water partition coefficient (Wildman–Crippen LogP) is 2.40. The molecule has 1 N–H and O–H groups in total. The Labute approximate surface area is 160 Å². The van der Waals surface area contributed by atoms with Crippen LogP contribution in [0.1, 0.15) is 43.5 Å². The van der Waals surface area contributed by atoms with Gasteiger partial charge in [0, 0.05) is 24.7 Å². The second kappa shape index (κ2) is 8.24. The minimum absolute atomic E-state index is 0.0469. The minimum Gasteiger partial charge on any atom is -0.379 e. The van der Waals surface area contributed by atoms with Crippen LogP contribution in [0.3, 0.4) is 0 Å². The molecule has 3 rings (SSSR count). The van der Waals surface area contributed by atoms with Crippen molar-refractivity contribution >= 4 is 15.9 Å². The number of ether oxygens (including phenoxy) is 1. The van der Waals surface area contributed by atoms with E-state index in [-0.39, 0.29) is 43.8 Å². The van der Waals surface area contributed by atoms with Gasteiger partial charge in [0.1, 0.15) is 10.7 Å². The van der Waals surface area contributed by atoms with E-state index in [9.17, 15) is 17.6 Å². The molecule has 2 fully saturated rings. The highest BCUT2D eigenvalue weighted by atomic mass is 32.2. The largest absolute Gasteiger partial charge is 0.379 e. The zero-order chi connectivity index (χ0) is 19.6. The van der Waals surface area contributed by atoms with Crippen LogP contribution in [0, 0.1) is 17.7 Å². The first-order valence-corrected chi connectivity index (χ1v) is 10.9. The van der Waals surface area contributed by atoms with Gasteiger partial charge >= 0.3 is 0 Å². The van der Waals surface area contributed by atoms with Crippen molar-refractivity contribution in [3.63, 3.8) is 0 Å². The maximum absolute atomic E-state index is 14.3. The highest BCUT2D eigenvalue weighted by Crippen LogP contribution is 2.30. The molecule has 0 aromatic heterocycles. The Hall–Kier alpha value is -1.51. The van der Waals surface area contributed by atoms with Crippen LogP contribution in [0.5, 0.6) is 0 Å². The molecule has 150 valence electrons. The molecule has 8 heteroatoms. The quantitative estimate of drug-likeness (QED) is 0.845. The van der Waals surface area contributed by atoms with Crippen LogP contribution in [0.4, 0.5) is 4.39 Å². The average molecular weight is 399 g/mol. The SMILES string of the molecule is C[C@@H]1[C@@H](C)CCC[C@H]1NC(=O)c1ccc(F)c(S(=O)(=O)N2CCOCC2)c1. The molecule has 1 saturated heterocycles. The molecule has 1 aliphatic carbocycles. The molecule has 1 aromatic carbocycles. The summed E-state index contributed by atoms with van der Waals surface area (Å²) < 4.78 is 46.2. The molecule has 1 heterocycles. The number of halogens is 1. The number of nitrogens with one attached hydrogen (secondary N) is 1. The van der Waals surface area contributed by atoms with Crippen molar-refractivity contribution in [1.29, 1.82) is 0 Å². The molecule has 3 atom stereocenters. The monoisotopic (exact) mass is 398 g/mol. The third-order valence-electron chi connectivity index (χ3n) is 5.80. The van der Waals surface area contributed by atoms with Crippen LogP contribution in [0.15, 0.2) is 23.1 Å². The van der Waals surface area contributed by atoms with E-state index >= 15 is 0 Å². The fourth-order valence-corrected chi connectivity index (χ4v) is 5.30. The molecule has 6 nitrogen and oxygen atoms in total. The number of morpholine rings is 1. The molecule has 1 aromatic rings. The predicted molar refractivity (Wildman–Crippen MR) is 99.4 cm³/mol. The van der Waals surface area contributed by atoms with Crippen molar-refractivity contribution in [1.82, 2.24) is 9.62 Å². The Morgan fingerprint density at radius 2 is 1.93 bits per heavy atom. The molecule has 0 bridgehead atoms. The van der Waals surface area contributed by atoms with E-state index in [2.05, 4.69) is 19.2 Å². The van der Waals surface area contributed by atoms with Crippen LogP contribution in [0.2, 0.25) is 0 Å². The smallest absolute Gasteiger partial charge is 0.251 e. The Bertz CT molecular complexity index is 793. The van der Waals surface area contributed by atoms with Crippen LogP contribution in [0.25, 0.3) is 0 Å². The second-order valence-corrected chi connectivity index (χ2v) is 9.42. The van der Waals surface area contributed by atoms with Crippen molar-refractivity contribution in [3.05, 3.63) is 29.6 Å². The Kier molecular flexibility index (Phi) is 6.18. The molecular weight excluding hydrogens is 371 g/mol. The number of sulfonamides is 1. The summed E-state index contributed by atoms with van der Waals surface area (Å²) in [5.74, 6) is -0.341. The van der Waals surface area contributed by atoms with Gasteiger partial charge in [0.05, 0.1) is 13.2 Å². The fraction of sp³-hybridized carbons (Fsp3) is 0.632. The number of nitrogens with zero attached hydrogens (tertiary/aromatic N) is 1. The van der Waals surface area contributed by atoms with Gasteiger partial charge in [-0.25, -0.2) is 12.8 Å². The summed E-state index contributed by atoms with van der Waals surface area (Å²) in [5, 5.41) is 3.00. The molecule has 2 aliphatic rings. The van der Waals surface area contributed by atoms with Crippen molar-refractivity contribution < 1.29 is 22.3 Å². The van der Waals surface area contributed by atoms with Crippen molar-refractivity contribution in [3.8, 4) is 0 Å². The van der Waals surface area contributed by atoms with Gasteiger partial charge in [-0.15, -0.1) is 0 Å². The van der Waals surface area contributed by atoms with Gasteiger partial charge in [-0.1, -0.05) is 26.7 Å². The zero-order valence-corrected chi connectivity index (χ0v) is 16.6. The third kappa shape index (κ3) is 4.33. The number of hydrogen-bond acceptors (Lipinski definition) is 4. The molecule has 0 unspecified atom stereocenters. The zero-order valence-electron chi connectivity index (χ0n) is 15.8. The van der Waals surface area contributed by atoms with E-state index in [4.69, 9.17) is 4.74 Å². The van der Waals surface area contributed by atoms with Crippen LogP contribution >= 0.6 is 0 Å². The van der Waals surface area contributed by atoms with Crippen LogP contribution < -0.4 is 5.32 Å². The fourth-order valence-electron chi connectivity index (χ4n) is 3.81. The molecule has 0 radical (unpaired) electrons. The summed E-state index contributed by atoms with van der Waals surface area (Å²) >= 11 is 0. The van der Waals surface area contributed by atoms with Gasteiger partial charge in [0.25, 0.3) is 5.91 Å². The minimum atomic E-state index is -4.00. The molecule has 1 aliphatic heterocycles. The first-order valence-electron chi connectivity index (χ1n) is 9.49. The Balaban J connectivity index is 1.81. The lowest BCUT2D eigenvalue weighted by molar-refractivity contribution is 0.0729. The van der Waals surface area contributed by atoms with Gasteiger partial charge in [-0.2, -0.15) is 4.31 Å². The maximum Gasteiger partial charge on any atom is 0.251 e. The highest BCUT2D eigenvalue weighted by Gasteiger charge is 2.31. The van der Waals surface area contributed by atoms with E-state index in [1.54, 1.807) is 0 Å². The van der Waals surface area contributed by atoms with E-state index < -0.39 is 20.7 Å². The van der Waals surface area contributed by atoms with Gasteiger partial charge in [-0.3, -0.25) is 4.79 Å². The topological polar surface area (TPSA) is 75.7 Å². The van der Waals surface area contributed by atoms with E-state index in [0.717, 1.165) is 31.4 Å². The first kappa shape index (κ1) is 20.2. The Morgan fingerprint density at radius 3 is 2.63 bits per heavy atom. The maximum atomic E-state index is 14.3. The number of amides is 1.